The van der Waals surface area contributed by atoms with E-state index in [1.165, 1.54) is 17.0 Å². The molecule has 0 heterocycles. The van der Waals surface area contributed by atoms with Gasteiger partial charge in [0, 0.05) is 23.1 Å². The van der Waals surface area contributed by atoms with E-state index < -0.39 is 28.5 Å². The minimum atomic E-state index is -4.13. The Balaban J connectivity index is 2.07. The number of halogens is 2. The highest BCUT2D eigenvalue weighted by Crippen LogP contribution is 2.28. The summed E-state index contributed by atoms with van der Waals surface area (Å²) < 4.78 is 28.9. The van der Waals surface area contributed by atoms with Gasteiger partial charge >= 0.3 is 0 Å². The van der Waals surface area contributed by atoms with Crippen LogP contribution in [0.15, 0.2) is 77.7 Å². The minimum Gasteiger partial charge on any atom is -0.354 e. The normalized spacial score (nSPS) is 12.2. The first-order valence-corrected chi connectivity index (χ1v) is 15.9. The highest BCUT2D eigenvalue weighted by molar-refractivity contribution is 7.92. The van der Waals surface area contributed by atoms with Crippen molar-refractivity contribution in [3.8, 4) is 0 Å². The van der Waals surface area contributed by atoms with Crippen LogP contribution in [0.2, 0.25) is 10.0 Å². The number of benzene rings is 3. The molecule has 0 saturated heterocycles. The molecular formula is C31H37Cl2N3O4S. The molecule has 3 rings (SSSR count). The Bertz CT molecular complexity index is 1430. The molecule has 1 N–H and O–H groups in total. The molecule has 0 radical (unpaired) electrons. The predicted octanol–water partition coefficient (Wildman–Crippen LogP) is 6.65. The van der Waals surface area contributed by atoms with Gasteiger partial charge in [-0.15, -0.1) is 0 Å². The number of nitrogens with zero attached hydrogens (tertiary/aromatic N) is 2. The Labute approximate surface area is 253 Å². The smallest absolute Gasteiger partial charge is 0.264 e. The van der Waals surface area contributed by atoms with Crippen LogP contribution in [-0.2, 0) is 26.2 Å². The molecular weight excluding hydrogens is 581 g/mol. The summed E-state index contributed by atoms with van der Waals surface area (Å²) in [7, 11) is -4.13. The van der Waals surface area contributed by atoms with E-state index in [0.717, 1.165) is 16.3 Å². The van der Waals surface area contributed by atoms with Gasteiger partial charge in [0.15, 0.2) is 0 Å². The van der Waals surface area contributed by atoms with Crippen LogP contribution in [0, 0.1) is 0 Å². The number of hydrogen-bond acceptors (Lipinski definition) is 4. The molecule has 7 nitrogen and oxygen atoms in total. The number of rotatable bonds is 13. The average Bonchev–Trinajstić information content (AvgIpc) is 2.96. The van der Waals surface area contributed by atoms with Crippen LogP contribution in [0.3, 0.4) is 0 Å². The molecule has 0 spiro atoms. The Kier molecular flexibility index (Phi) is 11.6. The van der Waals surface area contributed by atoms with Gasteiger partial charge in [0.2, 0.25) is 11.8 Å². The monoisotopic (exact) mass is 617 g/mol. The highest BCUT2D eigenvalue weighted by Gasteiger charge is 2.34. The maximum Gasteiger partial charge on any atom is 0.264 e. The maximum atomic E-state index is 14.1. The zero-order valence-corrected chi connectivity index (χ0v) is 26.1. The van der Waals surface area contributed by atoms with Crippen molar-refractivity contribution in [3.63, 3.8) is 0 Å². The van der Waals surface area contributed by atoms with Crippen molar-refractivity contribution in [3.05, 3.63) is 94.0 Å². The Morgan fingerprint density at radius 3 is 2.15 bits per heavy atom. The molecule has 220 valence electrons. The average molecular weight is 619 g/mol. The molecule has 0 saturated carbocycles. The third-order valence-corrected chi connectivity index (χ3v) is 9.12. The molecule has 0 aliphatic heterocycles. The molecule has 0 bridgehead atoms. The van der Waals surface area contributed by atoms with Gasteiger partial charge in [-0.3, -0.25) is 13.9 Å². The number of sulfonamides is 1. The van der Waals surface area contributed by atoms with Crippen molar-refractivity contribution >= 4 is 50.7 Å². The van der Waals surface area contributed by atoms with Gasteiger partial charge in [-0.25, -0.2) is 8.42 Å². The van der Waals surface area contributed by atoms with Crippen LogP contribution in [0.5, 0.6) is 0 Å². The third kappa shape index (κ3) is 8.24. The third-order valence-electron chi connectivity index (χ3n) is 6.75. The lowest BCUT2D eigenvalue weighted by Gasteiger charge is -2.33. The summed E-state index contributed by atoms with van der Waals surface area (Å²) >= 11 is 12.5. The quantitative estimate of drug-likeness (QED) is 0.233. The zero-order valence-electron chi connectivity index (χ0n) is 23.8. The molecule has 2 amide bonds. The molecule has 10 heteroatoms. The summed E-state index contributed by atoms with van der Waals surface area (Å²) in [6.07, 6.45) is 1.05. The molecule has 0 unspecified atom stereocenters. The second kappa shape index (κ2) is 14.7. The molecule has 0 aromatic heterocycles. The van der Waals surface area contributed by atoms with E-state index in [0.29, 0.717) is 34.3 Å². The lowest BCUT2D eigenvalue weighted by molar-refractivity contribution is -0.140. The fourth-order valence-corrected chi connectivity index (χ4v) is 6.30. The van der Waals surface area contributed by atoms with E-state index in [9.17, 15) is 18.0 Å². The van der Waals surface area contributed by atoms with Crippen LogP contribution >= 0.6 is 23.2 Å². The SMILES string of the molecule is CCCNC(=O)[C@H](CC)N(Cc1ccc(Cl)cc1Cl)C(=O)CN(c1ccc(C(C)C)cc1)S(=O)(=O)c1ccccc1. The van der Waals surface area contributed by atoms with Gasteiger partial charge in [0.25, 0.3) is 10.0 Å². The highest BCUT2D eigenvalue weighted by atomic mass is 35.5. The number of carbonyl (C=O) groups excluding carboxylic acids is 2. The largest absolute Gasteiger partial charge is 0.354 e. The van der Waals surface area contributed by atoms with Crippen molar-refractivity contribution < 1.29 is 18.0 Å². The van der Waals surface area contributed by atoms with Crippen LogP contribution in [0.25, 0.3) is 0 Å². The number of anilines is 1. The van der Waals surface area contributed by atoms with E-state index in [-0.39, 0.29) is 23.3 Å². The van der Waals surface area contributed by atoms with Gasteiger partial charge < -0.3 is 10.2 Å². The van der Waals surface area contributed by atoms with Crippen molar-refractivity contribution in [2.75, 3.05) is 17.4 Å². The van der Waals surface area contributed by atoms with Gasteiger partial charge in [0.1, 0.15) is 12.6 Å². The molecule has 1 atom stereocenters. The number of amides is 2. The molecule has 3 aromatic carbocycles. The summed E-state index contributed by atoms with van der Waals surface area (Å²) in [5, 5.41) is 3.65. The van der Waals surface area contributed by atoms with Gasteiger partial charge in [0.05, 0.1) is 10.6 Å². The summed E-state index contributed by atoms with van der Waals surface area (Å²) in [5.74, 6) is -0.607. The van der Waals surface area contributed by atoms with Gasteiger partial charge in [-0.05, 0) is 66.3 Å². The first-order valence-electron chi connectivity index (χ1n) is 13.7. The summed E-state index contributed by atoms with van der Waals surface area (Å²) in [4.78, 5) is 28.8. The van der Waals surface area contributed by atoms with Crippen molar-refractivity contribution in [2.24, 2.45) is 0 Å². The maximum absolute atomic E-state index is 14.1. The number of carbonyl (C=O) groups is 2. The van der Waals surface area contributed by atoms with Crippen LogP contribution in [0.4, 0.5) is 5.69 Å². The molecule has 3 aromatic rings. The van der Waals surface area contributed by atoms with Crippen LogP contribution < -0.4 is 9.62 Å². The Morgan fingerprint density at radius 2 is 1.59 bits per heavy atom. The summed E-state index contributed by atoms with van der Waals surface area (Å²) in [5.41, 5.74) is 1.97. The van der Waals surface area contributed by atoms with E-state index in [2.05, 4.69) is 5.32 Å². The summed E-state index contributed by atoms with van der Waals surface area (Å²) in [6.45, 7) is 7.78. The van der Waals surface area contributed by atoms with Gasteiger partial charge in [-0.1, -0.05) is 87.3 Å². The number of hydrogen-bond donors (Lipinski definition) is 1. The second-order valence-corrected chi connectivity index (χ2v) is 12.7. The van der Waals surface area contributed by atoms with E-state index in [1.807, 2.05) is 39.8 Å². The standard InChI is InChI=1S/C31H37Cl2N3O4S/c1-5-18-34-31(38)29(6-2)35(20-24-12-15-25(32)19-28(24)33)30(37)21-36(26-16-13-23(14-17-26)22(3)4)41(39,40)27-10-8-7-9-11-27/h7-17,19,22,29H,5-6,18,20-21H2,1-4H3,(H,34,38)/t29-/m0/s1. The van der Waals surface area contributed by atoms with Crippen molar-refractivity contribution in [1.29, 1.82) is 0 Å². The van der Waals surface area contributed by atoms with Crippen molar-refractivity contribution in [2.45, 2.75) is 63.9 Å². The first kappa shape index (κ1) is 32.4. The first-order chi connectivity index (χ1) is 19.5. The Morgan fingerprint density at radius 1 is 0.927 bits per heavy atom. The summed E-state index contributed by atoms with van der Waals surface area (Å²) in [6, 6.07) is 19.2. The lowest BCUT2D eigenvalue weighted by Crippen LogP contribution is -2.52. The van der Waals surface area contributed by atoms with Crippen LogP contribution in [0.1, 0.15) is 57.6 Å². The second-order valence-electron chi connectivity index (χ2n) is 10.0. The van der Waals surface area contributed by atoms with E-state index in [1.54, 1.807) is 48.5 Å². The number of nitrogens with one attached hydrogen (secondary N) is 1. The fourth-order valence-electron chi connectivity index (χ4n) is 4.39. The van der Waals surface area contributed by atoms with E-state index in [4.69, 9.17) is 23.2 Å². The van der Waals surface area contributed by atoms with E-state index >= 15 is 0 Å². The molecule has 0 aliphatic rings. The zero-order chi connectivity index (χ0) is 30.2. The fraction of sp³-hybridized carbons (Fsp3) is 0.355. The molecule has 0 fully saturated rings. The predicted molar refractivity (Wildman–Crippen MR) is 166 cm³/mol. The Hall–Kier alpha value is -3.07. The van der Waals surface area contributed by atoms with Gasteiger partial charge in [-0.2, -0.15) is 0 Å². The minimum absolute atomic E-state index is 0.00159. The van der Waals surface area contributed by atoms with Crippen molar-refractivity contribution in [1.82, 2.24) is 10.2 Å². The molecule has 41 heavy (non-hydrogen) atoms. The lowest BCUT2D eigenvalue weighted by atomic mass is 10.0. The van der Waals surface area contributed by atoms with Crippen LogP contribution in [-0.4, -0.2) is 44.3 Å². The topological polar surface area (TPSA) is 86.8 Å². The molecule has 0 aliphatic carbocycles.